The third-order valence-electron chi connectivity index (χ3n) is 2.98. The van der Waals surface area contributed by atoms with Crippen LogP contribution in [0.5, 0.6) is 0 Å². The molecule has 2 rings (SSSR count). The van der Waals surface area contributed by atoms with Crippen LogP contribution < -0.4 is 10.6 Å². The average Bonchev–Trinajstić information content (AvgIpc) is 2.41. The molecule has 20 heavy (non-hydrogen) atoms. The molecule has 1 aromatic heterocycles. The first-order valence-electron chi connectivity index (χ1n) is 6.91. The molecule has 0 unspecified atom stereocenters. The number of aromatic nitrogens is 3. The standard InChI is InChI=1S/C15H21N5/c1-11(2)8-9-16-14-10-17-20-15(19-14)18-13-7-5-4-6-12(13)3/h4-7,10-11H,8-9H2,1-3H3,(H2,16,18,19,20). The summed E-state index contributed by atoms with van der Waals surface area (Å²) in [6.45, 7) is 7.33. The van der Waals surface area contributed by atoms with Crippen molar-refractivity contribution in [2.75, 3.05) is 17.2 Å². The lowest BCUT2D eigenvalue weighted by Crippen LogP contribution is -2.08. The van der Waals surface area contributed by atoms with Crippen molar-refractivity contribution >= 4 is 17.5 Å². The molecule has 0 spiro atoms. The van der Waals surface area contributed by atoms with Gasteiger partial charge in [0.05, 0.1) is 6.20 Å². The second kappa shape index (κ2) is 6.84. The number of hydrogen-bond donors (Lipinski definition) is 2. The van der Waals surface area contributed by atoms with Crippen molar-refractivity contribution in [1.29, 1.82) is 0 Å². The largest absolute Gasteiger partial charge is 0.369 e. The molecule has 2 aromatic rings. The fraction of sp³-hybridized carbons (Fsp3) is 0.400. The van der Waals surface area contributed by atoms with Gasteiger partial charge in [-0.1, -0.05) is 32.0 Å². The Labute approximate surface area is 119 Å². The number of nitrogens with zero attached hydrogens (tertiary/aromatic N) is 3. The Balaban J connectivity index is 2.01. The van der Waals surface area contributed by atoms with Gasteiger partial charge in [0.15, 0.2) is 5.82 Å². The van der Waals surface area contributed by atoms with Crippen LogP contribution in [0.25, 0.3) is 0 Å². The second-order valence-electron chi connectivity index (χ2n) is 5.21. The predicted molar refractivity (Wildman–Crippen MR) is 82.2 cm³/mol. The Bertz CT molecular complexity index is 553. The molecule has 0 atom stereocenters. The Kier molecular flexibility index (Phi) is 4.87. The number of hydrogen-bond acceptors (Lipinski definition) is 5. The molecular formula is C15H21N5. The third kappa shape index (κ3) is 4.19. The summed E-state index contributed by atoms with van der Waals surface area (Å²) < 4.78 is 0. The van der Waals surface area contributed by atoms with E-state index in [0.717, 1.165) is 30.0 Å². The van der Waals surface area contributed by atoms with Crippen LogP contribution in [0.1, 0.15) is 25.8 Å². The maximum atomic E-state index is 4.41. The maximum absolute atomic E-state index is 4.41. The van der Waals surface area contributed by atoms with E-state index in [1.807, 2.05) is 31.2 Å². The van der Waals surface area contributed by atoms with Gasteiger partial charge in [0.25, 0.3) is 0 Å². The van der Waals surface area contributed by atoms with Crippen molar-refractivity contribution in [1.82, 2.24) is 15.2 Å². The van der Waals surface area contributed by atoms with Gasteiger partial charge in [0.1, 0.15) is 0 Å². The molecule has 0 fully saturated rings. The Morgan fingerprint density at radius 2 is 2.00 bits per heavy atom. The summed E-state index contributed by atoms with van der Waals surface area (Å²) in [5.41, 5.74) is 2.14. The lowest BCUT2D eigenvalue weighted by atomic mass is 10.1. The highest BCUT2D eigenvalue weighted by atomic mass is 15.3. The van der Waals surface area contributed by atoms with E-state index in [4.69, 9.17) is 0 Å². The smallest absolute Gasteiger partial charge is 0.249 e. The van der Waals surface area contributed by atoms with Crippen molar-refractivity contribution in [3.8, 4) is 0 Å². The lowest BCUT2D eigenvalue weighted by Gasteiger charge is -2.10. The second-order valence-corrected chi connectivity index (χ2v) is 5.21. The molecule has 2 N–H and O–H groups in total. The predicted octanol–water partition coefficient (Wildman–Crippen LogP) is 3.38. The van der Waals surface area contributed by atoms with E-state index in [1.54, 1.807) is 6.20 Å². The van der Waals surface area contributed by atoms with E-state index in [0.29, 0.717) is 11.9 Å². The monoisotopic (exact) mass is 271 g/mol. The van der Waals surface area contributed by atoms with Crippen molar-refractivity contribution in [3.63, 3.8) is 0 Å². The summed E-state index contributed by atoms with van der Waals surface area (Å²) in [6.07, 6.45) is 2.74. The highest BCUT2D eigenvalue weighted by molar-refractivity contribution is 5.58. The molecule has 0 saturated heterocycles. The molecule has 0 amide bonds. The van der Waals surface area contributed by atoms with Crippen LogP contribution in [0.4, 0.5) is 17.5 Å². The Hall–Kier alpha value is -2.17. The first-order chi connectivity index (χ1) is 9.65. The van der Waals surface area contributed by atoms with E-state index >= 15 is 0 Å². The fourth-order valence-electron chi connectivity index (χ4n) is 1.76. The zero-order valence-electron chi connectivity index (χ0n) is 12.2. The topological polar surface area (TPSA) is 62.7 Å². The minimum Gasteiger partial charge on any atom is -0.369 e. The van der Waals surface area contributed by atoms with Crippen molar-refractivity contribution < 1.29 is 0 Å². The molecular weight excluding hydrogens is 250 g/mol. The van der Waals surface area contributed by atoms with Crippen molar-refractivity contribution in [2.24, 2.45) is 5.92 Å². The molecule has 0 saturated carbocycles. The minimum absolute atomic E-state index is 0.508. The van der Waals surface area contributed by atoms with Gasteiger partial charge in [0, 0.05) is 12.2 Å². The molecule has 5 nitrogen and oxygen atoms in total. The summed E-state index contributed by atoms with van der Waals surface area (Å²) in [4.78, 5) is 4.41. The number of aryl methyl sites for hydroxylation is 1. The fourth-order valence-corrected chi connectivity index (χ4v) is 1.76. The number of para-hydroxylation sites is 1. The Morgan fingerprint density at radius 3 is 2.75 bits per heavy atom. The van der Waals surface area contributed by atoms with Crippen LogP contribution in [-0.2, 0) is 0 Å². The van der Waals surface area contributed by atoms with Crippen LogP contribution in [0.2, 0.25) is 0 Å². The van der Waals surface area contributed by atoms with Crippen molar-refractivity contribution in [2.45, 2.75) is 27.2 Å². The quantitative estimate of drug-likeness (QED) is 0.843. The zero-order chi connectivity index (χ0) is 14.4. The normalized spacial score (nSPS) is 10.6. The van der Waals surface area contributed by atoms with E-state index in [2.05, 4.69) is 39.7 Å². The number of rotatable bonds is 6. The van der Waals surface area contributed by atoms with Crippen LogP contribution in [-0.4, -0.2) is 21.7 Å². The summed E-state index contributed by atoms with van der Waals surface area (Å²) in [7, 11) is 0. The highest BCUT2D eigenvalue weighted by Crippen LogP contribution is 2.17. The van der Waals surface area contributed by atoms with Gasteiger partial charge in [-0.05, 0) is 30.9 Å². The SMILES string of the molecule is Cc1ccccc1Nc1nncc(NCCC(C)C)n1. The lowest BCUT2D eigenvalue weighted by molar-refractivity contribution is 0.606. The zero-order valence-corrected chi connectivity index (χ0v) is 12.2. The summed E-state index contributed by atoms with van der Waals surface area (Å²) in [5, 5.41) is 14.4. The van der Waals surface area contributed by atoms with Crippen LogP contribution in [0.3, 0.4) is 0 Å². The third-order valence-corrected chi connectivity index (χ3v) is 2.98. The minimum atomic E-state index is 0.508. The summed E-state index contributed by atoms with van der Waals surface area (Å²) in [5.74, 6) is 1.92. The van der Waals surface area contributed by atoms with Gasteiger partial charge in [-0.25, -0.2) is 0 Å². The first-order valence-corrected chi connectivity index (χ1v) is 6.91. The van der Waals surface area contributed by atoms with E-state index in [9.17, 15) is 0 Å². The van der Waals surface area contributed by atoms with Gasteiger partial charge in [-0.3, -0.25) is 0 Å². The molecule has 106 valence electrons. The van der Waals surface area contributed by atoms with Gasteiger partial charge in [-0.2, -0.15) is 10.1 Å². The summed E-state index contributed by atoms with van der Waals surface area (Å²) >= 11 is 0. The van der Waals surface area contributed by atoms with Gasteiger partial charge < -0.3 is 10.6 Å². The van der Waals surface area contributed by atoms with Crippen LogP contribution in [0, 0.1) is 12.8 Å². The molecule has 0 bridgehead atoms. The van der Waals surface area contributed by atoms with Crippen LogP contribution in [0.15, 0.2) is 30.5 Å². The average molecular weight is 271 g/mol. The molecule has 0 radical (unpaired) electrons. The van der Waals surface area contributed by atoms with Gasteiger partial charge >= 0.3 is 0 Å². The number of anilines is 3. The number of nitrogens with one attached hydrogen (secondary N) is 2. The molecule has 0 aliphatic heterocycles. The highest BCUT2D eigenvalue weighted by Gasteiger charge is 2.03. The van der Waals surface area contributed by atoms with Crippen molar-refractivity contribution in [3.05, 3.63) is 36.0 Å². The van der Waals surface area contributed by atoms with E-state index in [1.165, 1.54) is 0 Å². The van der Waals surface area contributed by atoms with E-state index < -0.39 is 0 Å². The molecule has 1 aromatic carbocycles. The summed E-state index contributed by atoms with van der Waals surface area (Å²) in [6, 6.07) is 8.02. The van der Waals surface area contributed by atoms with Gasteiger partial charge in [0.2, 0.25) is 5.95 Å². The molecule has 0 aliphatic carbocycles. The Morgan fingerprint density at radius 1 is 1.20 bits per heavy atom. The van der Waals surface area contributed by atoms with Gasteiger partial charge in [-0.15, -0.1) is 5.10 Å². The maximum Gasteiger partial charge on any atom is 0.249 e. The first kappa shape index (κ1) is 14.2. The number of benzene rings is 1. The van der Waals surface area contributed by atoms with E-state index in [-0.39, 0.29) is 0 Å². The molecule has 0 aliphatic rings. The van der Waals surface area contributed by atoms with Crippen LogP contribution >= 0.6 is 0 Å². The molecule has 5 heteroatoms. The molecule has 1 heterocycles.